The third-order valence-electron chi connectivity index (χ3n) is 4.10. The van der Waals surface area contributed by atoms with E-state index in [1.54, 1.807) is 0 Å². The SMILES string of the molecule is CC(c1ccccc1)N1CCN(CC2CO2)CC1. The minimum absolute atomic E-state index is 0.531. The molecule has 0 radical (unpaired) electrons. The van der Waals surface area contributed by atoms with E-state index >= 15 is 0 Å². The third kappa shape index (κ3) is 2.91. The maximum absolute atomic E-state index is 5.30. The Morgan fingerprint density at radius 2 is 1.83 bits per heavy atom. The zero-order valence-electron chi connectivity index (χ0n) is 11.1. The molecule has 1 aromatic rings. The van der Waals surface area contributed by atoms with Gasteiger partial charge in [-0.05, 0) is 12.5 Å². The van der Waals surface area contributed by atoms with Gasteiger partial charge in [0.1, 0.15) is 0 Å². The highest BCUT2D eigenvalue weighted by atomic mass is 16.6. The van der Waals surface area contributed by atoms with Crippen LogP contribution in [0, 0.1) is 0 Å². The summed E-state index contributed by atoms with van der Waals surface area (Å²) in [6.45, 7) is 9.11. The fraction of sp³-hybridized carbons (Fsp3) is 0.600. The van der Waals surface area contributed by atoms with Gasteiger partial charge in [-0.25, -0.2) is 0 Å². The van der Waals surface area contributed by atoms with E-state index in [0.29, 0.717) is 12.1 Å². The summed E-state index contributed by atoms with van der Waals surface area (Å²) < 4.78 is 5.30. The lowest BCUT2D eigenvalue weighted by atomic mass is 10.1. The van der Waals surface area contributed by atoms with Crippen LogP contribution in [-0.4, -0.2) is 55.2 Å². The molecule has 2 aliphatic heterocycles. The Hall–Kier alpha value is -0.900. The maximum atomic E-state index is 5.30. The topological polar surface area (TPSA) is 19.0 Å². The Bertz CT molecular complexity index is 369. The van der Waals surface area contributed by atoms with Gasteiger partial charge in [-0.3, -0.25) is 9.80 Å². The number of benzene rings is 1. The summed E-state index contributed by atoms with van der Waals surface area (Å²) in [5, 5.41) is 0. The summed E-state index contributed by atoms with van der Waals surface area (Å²) in [6, 6.07) is 11.3. The van der Waals surface area contributed by atoms with Gasteiger partial charge in [-0.1, -0.05) is 30.3 Å². The van der Waals surface area contributed by atoms with Crippen molar-refractivity contribution < 1.29 is 4.74 Å². The van der Waals surface area contributed by atoms with Crippen LogP contribution in [0.1, 0.15) is 18.5 Å². The molecule has 3 heteroatoms. The van der Waals surface area contributed by atoms with Gasteiger partial charge in [0.05, 0.1) is 12.7 Å². The number of ether oxygens (including phenoxy) is 1. The Balaban J connectivity index is 1.52. The Labute approximate surface area is 109 Å². The van der Waals surface area contributed by atoms with Gasteiger partial charge in [0.2, 0.25) is 0 Å². The molecule has 0 aliphatic carbocycles. The largest absolute Gasteiger partial charge is 0.372 e. The fourth-order valence-corrected chi connectivity index (χ4v) is 2.74. The average Bonchev–Trinajstić information content (AvgIpc) is 3.24. The summed E-state index contributed by atoms with van der Waals surface area (Å²) in [4.78, 5) is 5.12. The molecule has 3 nitrogen and oxygen atoms in total. The fourth-order valence-electron chi connectivity index (χ4n) is 2.74. The van der Waals surface area contributed by atoms with Crippen molar-refractivity contribution in [2.75, 3.05) is 39.3 Å². The van der Waals surface area contributed by atoms with E-state index in [-0.39, 0.29) is 0 Å². The highest BCUT2D eigenvalue weighted by Gasteiger charge is 2.28. The van der Waals surface area contributed by atoms with Gasteiger partial charge in [0.25, 0.3) is 0 Å². The normalized spacial score (nSPS) is 27.1. The Morgan fingerprint density at radius 1 is 1.17 bits per heavy atom. The van der Waals surface area contributed by atoms with E-state index in [0.717, 1.165) is 13.2 Å². The van der Waals surface area contributed by atoms with Crippen LogP contribution in [0.5, 0.6) is 0 Å². The molecule has 2 heterocycles. The summed E-state index contributed by atoms with van der Waals surface area (Å²) in [6.07, 6.45) is 0.531. The molecule has 98 valence electrons. The smallest absolute Gasteiger partial charge is 0.0936 e. The lowest BCUT2D eigenvalue weighted by Crippen LogP contribution is -2.48. The highest BCUT2D eigenvalue weighted by molar-refractivity contribution is 5.18. The number of rotatable bonds is 4. The maximum Gasteiger partial charge on any atom is 0.0936 e. The van der Waals surface area contributed by atoms with Gasteiger partial charge >= 0.3 is 0 Å². The van der Waals surface area contributed by atoms with Crippen molar-refractivity contribution in [2.24, 2.45) is 0 Å². The van der Waals surface area contributed by atoms with Crippen LogP contribution in [0.3, 0.4) is 0 Å². The van der Waals surface area contributed by atoms with Gasteiger partial charge < -0.3 is 4.74 Å². The second kappa shape index (κ2) is 5.39. The van der Waals surface area contributed by atoms with E-state index < -0.39 is 0 Å². The van der Waals surface area contributed by atoms with Crippen LogP contribution in [0.25, 0.3) is 0 Å². The molecule has 2 unspecified atom stereocenters. The summed E-state index contributed by atoms with van der Waals surface area (Å²) in [5.41, 5.74) is 1.43. The molecule has 3 rings (SSSR count). The molecule has 0 saturated carbocycles. The molecule has 18 heavy (non-hydrogen) atoms. The molecule has 2 saturated heterocycles. The van der Waals surface area contributed by atoms with E-state index in [1.165, 1.54) is 31.7 Å². The first-order valence-corrected chi connectivity index (χ1v) is 6.96. The molecular formula is C15H22N2O. The van der Waals surface area contributed by atoms with E-state index in [4.69, 9.17) is 4.74 Å². The molecule has 0 N–H and O–H groups in total. The minimum Gasteiger partial charge on any atom is -0.372 e. The molecule has 1 aromatic carbocycles. The predicted octanol–water partition coefficient (Wildman–Crippen LogP) is 1.76. The number of hydrogen-bond acceptors (Lipinski definition) is 3. The van der Waals surface area contributed by atoms with E-state index in [2.05, 4.69) is 47.1 Å². The van der Waals surface area contributed by atoms with Crippen LogP contribution in [-0.2, 0) is 4.74 Å². The quantitative estimate of drug-likeness (QED) is 0.755. The minimum atomic E-state index is 0.531. The van der Waals surface area contributed by atoms with Gasteiger partial charge in [-0.15, -0.1) is 0 Å². The van der Waals surface area contributed by atoms with Crippen molar-refractivity contribution in [3.8, 4) is 0 Å². The number of nitrogens with zero attached hydrogens (tertiary/aromatic N) is 2. The first-order chi connectivity index (χ1) is 8.83. The van der Waals surface area contributed by atoms with Crippen LogP contribution in [0.4, 0.5) is 0 Å². The number of piperazine rings is 1. The zero-order chi connectivity index (χ0) is 12.4. The highest BCUT2D eigenvalue weighted by Crippen LogP contribution is 2.21. The van der Waals surface area contributed by atoms with Gasteiger partial charge in [-0.2, -0.15) is 0 Å². The molecule has 0 bridgehead atoms. The molecular weight excluding hydrogens is 224 g/mol. The van der Waals surface area contributed by atoms with Crippen molar-refractivity contribution >= 4 is 0 Å². The van der Waals surface area contributed by atoms with Crippen LogP contribution in [0.15, 0.2) is 30.3 Å². The lowest BCUT2D eigenvalue weighted by molar-refractivity contribution is 0.0971. The Morgan fingerprint density at radius 3 is 2.44 bits per heavy atom. The second-order valence-electron chi connectivity index (χ2n) is 5.38. The molecule has 0 aromatic heterocycles. The standard InChI is InChI=1S/C15H22N2O/c1-13(14-5-3-2-4-6-14)17-9-7-16(8-10-17)11-15-12-18-15/h2-6,13,15H,7-12H2,1H3. The number of hydrogen-bond donors (Lipinski definition) is 0. The van der Waals surface area contributed by atoms with E-state index in [1.807, 2.05) is 0 Å². The van der Waals surface area contributed by atoms with Gasteiger partial charge in [0, 0.05) is 38.8 Å². The third-order valence-corrected chi connectivity index (χ3v) is 4.10. The molecule has 0 amide bonds. The molecule has 2 fully saturated rings. The average molecular weight is 246 g/mol. The second-order valence-corrected chi connectivity index (χ2v) is 5.38. The van der Waals surface area contributed by atoms with Crippen molar-refractivity contribution in [2.45, 2.75) is 19.1 Å². The van der Waals surface area contributed by atoms with Crippen LogP contribution in [0.2, 0.25) is 0 Å². The first-order valence-electron chi connectivity index (χ1n) is 6.96. The van der Waals surface area contributed by atoms with Gasteiger partial charge in [0.15, 0.2) is 0 Å². The van der Waals surface area contributed by atoms with Crippen molar-refractivity contribution in [3.05, 3.63) is 35.9 Å². The summed E-state index contributed by atoms with van der Waals surface area (Å²) in [5.74, 6) is 0. The van der Waals surface area contributed by atoms with Crippen LogP contribution >= 0.6 is 0 Å². The summed E-state index contributed by atoms with van der Waals surface area (Å²) in [7, 11) is 0. The Kier molecular flexibility index (Phi) is 3.64. The first kappa shape index (κ1) is 12.2. The molecule has 2 aliphatic rings. The van der Waals surface area contributed by atoms with Crippen molar-refractivity contribution in [3.63, 3.8) is 0 Å². The lowest BCUT2D eigenvalue weighted by Gasteiger charge is -2.38. The zero-order valence-corrected chi connectivity index (χ0v) is 11.1. The summed E-state index contributed by atoms with van der Waals surface area (Å²) >= 11 is 0. The molecule has 2 atom stereocenters. The molecule has 0 spiro atoms. The predicted molar refractivity (Wildman–Crippen MR) is 72.6 cm³/mol. The van der Waals surface area contributed by atoms with Crippen molar-refractivity contribution in [1.29, 1.82) is 0 Å². The number of epoxide rings is 1. The monoisotopic (exact) mass is 246 g/mol. The van der Waals surface area contributed by atoms with E-state index in [9.17, 15) is 0 Å². The van der Waals surface area contributed by atoms with Crippen LogP contribution < -0.4 is 0 Å². The van der Waals surface area contributed by atoms with Crippen molar-refractivity contribution in [1.82, 2.24) is 9.80 Å².